The van der Waals surface area contributed by atoms with Gasteiger partial charge in [-0.2, -0.15) is 0 Å². The van der Waals surface area contributed by atoms with Crippen LogP contribution >= 0.6 is 22.7 Å². The number of ether oxygens (including phenoxy) is 4. The minimum atomic E-state index is -0.836. The fourth-order valence-corrected chi connectivity index (χ4v) is 7.32. The van der Waals surface area contributed by atoms with Gasteiger partial charge >= 0.3 is 5.97 Å². The van der Waals surface area contributed by atoms with Gasteiger partial charge in [-0.15, -0.1) is 22.7 Å². The van der Waals surface area contributed by atoms with Gasteiger partial charge in [0.15, 0.2) is 23.0 Å². The van der Waals surface area contributed by atoms with E-state index in [1.165, 1.54) is 15.3 Å². The summed E-state index contributed by atoms with van der Waals surface area (Å²) in [5.41, 5.74) is 8.25. The Bertz CT molecular complexity index is 1630. The van der Waals surface area contributed by atoms with Crippen molar-refractivity contribution in [2.24, 2.45) is 5.73 Å². The highest BCUT2D eigenvalue weighted by Crippen LogP contribution is 2.36. The molecule has 2 aromatic carbocycles. The second-order valence-corrected chi connectivity index (χ2v) is 14.7. The second kappa shape index (κ2) is 20.8. The zero-order chi connectivity index (χ0) is 37.5. The molecule has 0 fully saturated rings. The van der Waals surface area contributed by atoms with Crippen molar-refractivity contribution < 1.29 is 33.6 Å². The van der Waals surface area contributed by atoms with Gasteiger partial charge in [-0.1, -0.05) is 51.0 Å². The predicted molar refractivity (Wildman–Crippen MR) is 206 cm³/mol. The van der Waals surface area contributed by atoms with Gasteiger partial charge in [0.1, 0.15) is 0 Å². The van der Waals surface area contributed by atoms with E-state index >= 15 is 0 Å². The summed E-state index contributed by atoms with van der Waals surface area (Å²) in [4.78, 5) is 29.8. The monoisotopic (exact) mass is 752 g/mol. The number of nitrogens with one attached hydrogen (secondary N) is 1. The van der Waals surface area contributed by atoms with Crippen LogP contribution in [0, 0.1) is 0 Å². The molecular weight excluding hydrogens is 701 g/mol. The van der Waals surface area contributed by atoms with Crippen LogP contribution in [0.1, 0.15) is 78.9 Å². The molecule has 0 saturated heterocycles. The quantitative estimate of drug-likeness (QED) is 0.113. The summed E-state index contributed by atoms with van der Waals surface area (Å²) in [6.07, 6.45) is 3.96. The second-order valence-electron chi connectivity index (χ2n) is 12.7. The van der Waals surface area contributed by atoms with E-state index in [2.05, 4.69) is 62.4 Å². The van der Waals surface area contributed by atoms with Crippen LogP contribution in [0.4, 0.5) is 0 Å². The van der Waals surface area contributed by atoms with Gasteiger partial charge in [0.05, 0.1) is 25.6 Å². The molecule has 6 rings (SSSR count). The number of unbranched alkanes of at least 4 members (excludes halogenated alkanes) is 1. The van der Waals surface area contributed by atoms with Crippen LogP contribution in [0.5, 0.6) is 23.0 Å². The third-order valence-corrected chi connectivity index (χ3v) is 10.4. The zero-order valence-electron chi connectivity index (χ0n) is 30.7. The Morgan fingerprint density at radius 2 is 1.38 bits per heavy atom. The van der Waals surface area contributed by atoms with E-state index in [4.69, 9.17) is 29.8 Å². The van der Waals surface area contributed by atoms with E-state index in [1.807, 2.05) is 46.0 Å². The van der Waals surface area contributed by atoms with Gasteiger partial charge in [0, 0.05) is 21.8 Å². The SMILES string of the molecule is CCCCC(N)C(=O)N(Cc1cccs1)Cc1cccs1.CC[C@@H](c1ccc2c(c1)OCO2)N(C)C.CN[C@@H](CC(=O)O)c1ccc2c(c1)OCO2. The molecule has 282 valence electrons. The minimum absolute atomic E-state index is 0.0378. The molecule has 4 heterocycles. The fraction of sp³-hybridized carbons (Fsp3) is 0.436. The molecule has 0 spiro atoms. The number of amides is 1. The van der Waals surface area contributed by atoms with E-state index in [0.29, 0.717) is 37.4 Å². The minimum Gasteiger partial charge on any atom is -0.481 e. The molecule has 3 atom stereocenters. The number of thiophene rings is 2. The normalized spacial score (nSPS) is 14.1. The lowest BCUT2D eigenvalue weighted by Gasteiger charge is -2.25. The Morgan fingerprint density at radius 3 is 1.85 bits per heavy atom. The van der Waals surface area contributed by atoms with Crippen LogP contribution in [0.15, 0.2) is 71.4 Å². The van der Waals surface area contributed by atoms with Gasteiger partial charge in [-0.05, 0) is 92.3 Å². The van der Waals surface area contributed by atoms with Crippen molar-refractivity contribution in [3.63, 3.8) is 0 Å². The summed E-state index contributed by atoms with van der Waals surface area (Å²) in [7, 11) is 5.93. The summed E-state index contributed by atoms with van der Waals surface area (Å²) in [6, 6.07) is 19.6. The lowest BCUT2D eigenvalue weighted by Crippen LogP contribution is -2.42. The number of nitrogens with zero attached hydrogens (tertiary/aromatic N) is 2. The molecular formula is C39H52N4O7S2. The first-order chi connectivity index (χ1) is 25.1. The highest BCUT2D eigenvalue weighted by Gasteiger charge is 2.22. The Kier molecular flexibility index (Phi) is 16.2. The molecule has 13 heteroatoms. The van der Waals surface area contributed by atoms with Crippen LogP contribution in [0.2, 0.25) is 0 Å². The maximum absolute atomic E-state index is 12.6. The zero-order valence-corrected chi connectivity index (χ0v) is 32.3. The smallest absolute Gasteiger partial charge is 0.305 e. The van der Waals surface area contributed by atoms with E-state index in [0.717, 1.165) is 42.7 Å². The van der Waals surface area contributed by atoms with Gasteiger partial charge < -0.3 is 44.9 Å². The average molecular weight is 753 g/mol. The van der Waals surface area contributed by atoms with E-state index in [-0.39, 0.29) is 31.2 Å². The molecule has 0 radical (unpaired) electrons. The summed E-state index contributed by atoms with van der Waals surface area (Å²) in [5, 5.41) is 15.8. The Hall–Kier alpha value is -4.14. The van der Waals surface area contributed by atoms with Crippen molar-refractivity contribution in [1.29, 1.82) is 0 Å². The van der Waals surface area contributed by atoms with E-state index in [9.17, 15) is 9.59 Å². The number of hydrogen-bond donors (Lipinski definition) is 3. The number of aliphatic carboxylic acids is 1. The average Bonchev–Trinajstić information content (AvgIpc) is 3.98. The number of carboxylic acid groups (broad SMARTS) is 1. The number of nitrogens with two attached hydrogens (primary N) is 1. The Morgan fingerprint density at radius 1 is 0.846 bits per heavy atom. The topological polar surface area (TPSA) is 136 Å². The number of fused-ring (bicyclic) bond motifs is 2. The summed E-state index contributed by atoms with van der Waals surface area (Å²) in [6.45, 7) is 6.17. The highest BCUT2D eigenvalue weighted by molar-refractivity contribution is 7.10. The molecule has 4 N–H and O–H groups in total. The fourth-order valence-electron chi connectivity index (χ4n) is 5.89. The molecule has 4 aromatic rings. The van der Waals surface area contributed by atoms with E-state index < -0.39 is 5.97 Å². The van der Waals surface area contributed by atoms with Crippen molar-refractivity contribution in [1.82, 2.24) is 15.1 Å². The van der Waals surface area contributed by atoms with Crippen LogP contribution in [-0.4, -0.2) is 67.6 Å². The standard InChI is InChI=1S/C16H22N2OS2.C12H17NO2.C11H13NO4/c1-2-3-8-15(17)16(19)18(11-13-6-4-9-20-13)12-14-7-5-10-21-14;1-4-10(13(2)3)9-5-6-11-12(7-9)15-8-14-11;1-12-8(5-11(13)14)7-2-3-9-10(4-7)16-6-15-9/h4-7,9-10,15H,2-3,8,11-12,17H2,1H3;5-7,10H,4,8H2,1-3H3;2-4,8,12H,5-6H2,1H3,(H,13,14)/t;10-;8-/m.00/s1. The molecule has 11 nitrogen and oxygen atoms in total. The number of carbonyl (C=O) groups is 2. The van der Waals surface area contributed by atoms with Crippen LogP contribution in [-0.2, 0) is 22.7 Å². The molecule has 0 aliphatic carbocycles. The van der Waals surface area contributed by atoms with Crippen LogP contribution in [0.25, 0.3) is 0 Å². The summed E-state index contributed by atoms with van der Waals surface area (Å²) >= 11 is 3.36. The predicted octanol–water partition coefficient (Wildman–Crippen LogP) is 7.43. The molecule has 1 amide bonds. The van der Waals surface area contributed by atoms with Crippen molar-refractivity contribution in [2.75, 3.05) is 34.7 Å². The molecule has 0 bridgehead atoms. The Labute approximate surface area is 315 Å². The summed E-state index contributed by atoms with van der Waals surface area (Å²) < 4.78 is 21.1. The first-order valence-electron chi connectivity index (χ1n) is 17.6. The van der Waals surface area contributed by atoms with E-state index in [1.54, 1.807) is 35.8 Å². The van der Waals surface area contributed by atoms with Gasteiger partial charge in [0.2, 0.25) is 19.5 Å². The lowest BCUT2D eigenvalue weighted by atomic mass is 10.0. The molecule has 2 aliphatic heterocycles. The van der Waals surface area contributed by atoms with Gasteiger partial charge in [-0.3, -0.25) is 9.59 Å². The number of carbonyl (C=O) groups excluding carboxylic acids is 1. The maximum Gasteiger partial charge on any atom is 0.305 e. The molecule has 0 saturated carbocycles. The molecule has 52 heavy (non-hydrogen) atoms. The van der Waals surface area contributed by atoms with Crippen LogP contribution in [0.3, 0.4) is 0 Å². The number of carboxylic acids is 1. The van der Waals surface area contributed by atoms with Crippen molar-refractivity contribution in [3.05, 3.63) is 92.3 Å². The molecule has 2 aromatic heterocycles. The van der Waals surface area contributed by atoms with Crippen LogP contribution < -0.4 is 30.0 Å². The lowest BCUT2D eigenvalue weighted by molar-refractivity contribution is -0.137. The first-order valence-corrected chi connectivity index (χ1v) is 19.3. The Balaban J connectivity index is 0.000000178. The third-order valence-electron chi connectivity index (χ3n) is 8.67. The largest absolute Gasteiger partial charge is 0.481 e. The number of hydrogen-bond acceptors (Lipinski definition) is 11. The van der Waals surface area contributed by atoms with Crippen molar-refractivity contribution in [2.45, 2.75) is 77.2 Å². The number of benzene rings is 2. The van der Waals surface area contributed by atoms with Crippen molar-refractivity contribution >= 4 is 34.6 Å². The first kappa shape index (κ1) is 40.6. The maximum atomic E-state index is 12.6. The van der Waals surface area contributed by atoms with Crippen molar-refractivity contribution in [3.8, 4) is 23.0 Å². The molecule has 2 aliphatic rings. The molecule has 1 unspecified atom stereocenters. The van der Waals surface area contributed by atoms with Gasteiger partial charge in [0.25, 0.3) is 0 Å². The third kappa shape index (κ3) is 12.0. The van der Waals surface area contributed by atoms with Gasteiger partial charge in [-0.25, -0.2) is 0 Å². The summed E-state index contributed by atoms with van der Waals surface area (Å²) in [5.74, 6) is 2.32. The highest BCUT2D eigenvalue weighted by atomic mass is 32.1. The number of rotatable bonds is 15.